The van der Waals surface area contributed by atoms with Crippen LogP contribution in [0, 0.1) is 5.92 Å². The monoisotopic (exact) mass is 242 g/mol. The average Bonchev–Trinajstić information content (AvgIpc) is 1.89. The zero-order valence-corrected chi connectivity index (χ0v) is 7.37. The molecule has 2 unspecified atom stereocenters. The molecular weight excluding hydrogens is 231 g/mol. The Hall–Kier alpha value is 0.650. The van der Waals surface area contributed by atoms with Crippen LogP contribution in [-0.4, -0.2) is 28.9 Å². The van der Waals surface area contributed by atoms with E-state index in [4.69, 9.17) is 9.84 Å². The second-order valence-electron chi connectivity index (χ2n) is 2.32. The molecule has 54 valence electrons. The number of alkyl halides is 1. The molecule has 2 nitrogen and oxygen atoms in total. The highest BCUT2D eigenvalue weighted by molar-refractivity contribution is 14.1. The van der Waals surface area contributed by atoms with Crippen molar-refractivity contribution in [2.45, 2.75) is 10.3 Å². The van der Waals surface area contributed by atoms with Crippen LogP contribution < -0.4 is 0 Å². The van der Waals surface area contributed by atoms with Gasteiger partial charge in [0.25, 0.3) is 0 Å². The summed E-state index contributed by atoms with van der Waals surface area (Å²) in [6.07, 6.45) is 1.09. The van der Waals surface area contributed by atoms with Gasteiger partial charge < -0.3 is 9.84 Å². The summed E-state index contributed by atoms with van der Waals surface area (Å²) in [6.45, 7) is 1.88. The van der Waals surface area contributed by atoms with Crippen molar-refractivity contribution < 1.29 is 9.84 Å². The van der Waals surface area contributed by atoms with Crippen LogP contribution in [0.4, 0.5) is 0 Å². The molecule has 1 fully saturated rings. The van der Waals surface area contributed by atoms with Crippen LogP contribution in [0.1, 0.15) is 6.42 Å². The van der Waals surface area contributed by atoms with Crippen molar-refractivity contribution in [3.63, 3.8) is 0 Å². The zero-order valence-electron chi connectivity index (χ0n) is 5.22. The summed E-state index contributed by atoms with van der Waals surface area (Å²) in [5, 5.41) is 8.78. The van der Waals surface area contributed by atoms with Gasteiger partial charge in [0.05, 0.1) is 6.61 Å². The fourth-order valence-electron chi connectivity index (χ4n) is 0.938. The van der Waals surface area contributed by atoms with Crippen molar-refractivity contribution in [3.05, 3.63) is 0 Å². The van der Waals surface area contributed by atoms with E-state index < -0.39 is 0 Å². The fourth-order valence-corrected chi connectivity index (χ4v) is 1.63. The molecule has 0 aromatic carbocycles. The maximum atomic E-state index is 8.78. The molecule has 0 aliphatic carbocycles. The molecule has 9 heavy (non-hydrogen) atoms. The van der Waals surface area contributed by atoms with Gasteiger partial charge in [-0.25, -0.2) is 0 Å². The third-order valence-electron chi connectivity index (χ3n) is 1.62. The largest absolute Gasteiger partial charge is 0.396 e. The van der Waals surface area contributed by atoms with Gasteiger partial charge in [-0.15, -0.1) is 0 Å². The molecule has 2 atom stereocenters. The standard InChI is InChI=1S/C6H11IO2/c7-6-1-2-9-4-5(6)3-8/h5-6,8H,1-4H2. The maximum absolute atomic E-state index is 8.78. The number of aliphatic hydroxyl groups excluding tert-OH is 1. The molecule has 0 amide bonds. The molecule has 0 aromatic heterocycles. The van der Waals surface area contributed by atoms with E-state index in [1.807, 2.05) is 0 Å². The van der Waals surface area contributed by atoms with E-state index in [2.05, 4.69) is 22.6 Å². The average molecular weight is 242 g/mol. The Morgan fingerprint density at radius 2 is 2.44 bits per heavy atom. The van der Waals surface area contributed by atoms with Crippen LogP contribution in [0.3, 0.4) is 0 Å². The molecule has 0 aromatic rings. The second-order valence-corrected chi connectivity index (χ2v) is 3.92. The predicted molar refractivity (Wildman–Crippen MR) is 43.8 cm³/mol. The Labute approximate surface area is 68.7 Å². The minimum Gasteiger partial charge on any atom is -0.396 e. The normalized spacial score (nSPS) is 36.7. The van der Waals surface area contributed by atoms with Gasteiger partial charge in [0.1, 0.15) is 0 Å². The third kappa shape index (κ3) is 2.05. The first-order chi connectivity index (χ1) is 4.34. The van der Waals surface area contributed by atoms with E-state index in [1.165, 1.54) is 0 Å². The quantitative estimate of drug-likeness (QED) is 0.544. The highest BCUT2D eigenvalue weighted by Gasteiger charge is 2.21. The second kappa shape index (κ2) is 3.73. The topological polar surface area (TPSA) is 29.5 Å². The molecular formula is C6H11IO2. The summed E-state index contributed by atoms with van der Waals surface area (Å²) in [5.74, 6) is 0.374. The number of halogens is 1. The van der Waals surface area contributed by atoms with Gasteiger partial charge in [-0.05, 0) is 6.42 Å². The van der Waals surface area contributed by atoms with Gasteiger partial charge in [0, 0.05) is 23.1 Å². The van der Waals surface area contributed by atoms with Crippen molar-refractivity contribution in [2.75, 3.05) is 19.8 Å². The van der Waals surface area contributed by atoms with Crippen molar-refractivity contribution >= 4 is 22.6 Å². The van der Waals surface area contributed by atoms with E-state index in [9.17, 15) is 0 Å². The van der Waals surface area contributed by atoms with Gasteiger partial charge >= 0.3 is 0 Å². The van der Waals surface area contributed by atoms with Gasteiger partial charge in [0.15, 0.2) is 0 Å². The Morgan fingerprint density at radius 1 is 1.67 bits per heavy atom. The summed E-state index contributed by atoms with van der Waals surface area (Å²) in [5.41, 5.74) is 0. The SMILES string of the molecule is OCC1COCCC1I. The van der Waals surface area contributed by atoms with Crippen LogP contribution in [0.2, 0.25) is 0 Å². The van der Waals surface area contributed by atoms with Crippen LogP contribution >= 0.6 is 22.6 Å². The first-order valence-corrected chi connectivity index (χ1v) is 4.42. The first kappa shape index (κ1) is 7.75. The fraction of sp³-hybridized carbons (Fsp3) is 1.00. The Balaban J connectivity index is 2.30. The van der Waals surface area contributed by atoms with Crippen molar-refractivity contribution in [2.24, 2.45) is 5.92 Å². The molecule has 1 aliphatic rings. The predicted octanol–water partition coefficient (Wildman–Crippen LogP) is 0.819. The van der Waals surface area contributed by atoms with Crippen molar-refractivity contribution in [3.8, 4) is 0 Å². The van der Waals surface area contributed by atoms with E-state index >= 15 is 0 Å². The zero-order chi connectivity index (χ0) is 6.69. The van der Waals surface area contributed by atoms with Gasteiger partial charge in [-0.2, -0.15) is 0 Å². The van der Waals surface area contributed by atoms with E-state index in [1.54, 1.807) is 0 Å². The molecule has 1 saturated heterocycles. The number of rotatable bonds is 1. The lowest BCUT2D eigenvalue weighted by Crippen LogP contribution is -2.30. The van der Waals surface area contributed by atoms with E-state index in [0.717, 1.165) is 19.6 Å². The van der Waals surface area contributed by atoms with Crippen molar-refractivity contribution in [1.29, 1.82) is 0 Å². The molecule has 1 heterocycles. The van der Waals surface area contributed by atoms with Crippen LogP contribution in [-0.2, 0) is 4.74 Å². The van der Waals surface area contributed by atoms with Crippen molar-refractivity contribution in [1.82, 2.24) is 0 Å². The highest BCUT2D eigenvalue weighted by Crippen LogP contribution is 2.21. The van der Waals surface area contributed by atoms with E-state index in [0.29, 0.717) is 9.84 Å². The first-order valence-electron chi connectivity index (χ1n) is 3.17. The molecule has 1 N–H and O–H groups in total. The summed E-state index contributed by atoms with van der Waals surface area (Å²) in [7, 11) is 0. The number of ether oxygens (including phenoxy) is 1. The molecule has 0 spiro atoms. The van der Waals surface area contributed by atoms with Gasteiger partial charge in [-0.3, -0.25) is 0 Å². The lowest BCUT2D eigenvalue weighted by atomic mass is 10.0. The molecule has 0 radical (unpaired) electrons. The minimum atomic E-state index is 0.271. The Morgan fingerprint density at radius 3 is 2.89 bits per heavy atom. The lowest BCUT2D eigenvalue weighted by Gasteiger charge is -2.25. The Kier molecular flexibility index (Phi) is 3.21. The number of hydrogen-bond acceptors (Lipinski definition) is 2. The van der Waals surface area contributed by atoms with Crippen LogP contribution in [0.25, 0.3) is 0 Å². The van der Waals surface area contributed by atoms with E-state index in [-0.39, 0.29) is 6.61 Å². The summed E-state index contributed by atoms with van der Waals surface area (Å²) >= 11 is 2.38. The summed E-state index contributed by atoms with van der Waals surface area (Å²) in [4.78, 5) is 0. The number of hydrogen-bond donors (Lipinski definition) is 1. The van der Waals surface area contributed by atoms with Crippen LogP contribution in [0.15, 0.2) is 0 Å². The maximum Gasteiger partial charge on any atom is 0.0526 e. The number of aliphatic hydroxyl groups is 1. The molecule has 1 rings (SSSR count). The summed E-state index contributed by atoms with van der Waals surface area (Å²) < 4.78 is 5.79. The molecule has 0 bridgehead atoms. The van der Waals surface area contributed by atoms with Gasteiger partial charge in [0.2, 0.25) is 0 Å². The summed E-state index contributed by atoms with van der Waals surface area (Å²) in [6, 6.07) is 0. The Bertz CT molecular complexity index is 87.1. The third-order valence-corrected chi connectivity index (χ3v) is 3.26. The minimum absolute atomic E-state index is 0.271. The smallest absolute Gasteiger partial charge is 0.0526 e. The van der Waals surface area contributed by atoms with Crippen LogP contribution in [0.5, 0.6) is 0 Å². The lowest BCUT2D eigenvalue weighted by molar-refractivity contribution is 0.0379. The van der Waals surface area contributed by atoms with Gasteiger partial charge in [-0.1, -0.05) is 22.6 Å². The molecule has 3 heteroatoms. The highest BCUT2D eigenvalue weighted by atomic mass is 127. The molecule has 1 aliphatic heterocycles. The molecule has 0 saturated carbocycles.